The first-order valence-electron chi connectivity index (χ1n) is 5.59. The van der Waals surface area contributed by atoms with Crippen LogP contribution in [0.15, 0.2) is 33.6 Å². The number of nitrogens with zero attached hydrogens (tertiary/aromatic N) is 1. The van der Waals surface area contributed by atoms with E-state index in [0.717, 1.165) is 12.8 Å². The molecule has 18 heavy (non-hydrogen) atoms. The Kier molecular flexibility index (Phi) is 3.49. The van der Waals surface area contributed by atoms with E-state index >= 15 is 0 Å². The van der Waals surface area contributed by atoms with Crippen molar-refractivity contribution in [3.63, 3.8) is 0 Å². The van der Waals surface area contributed by atoms with Crippen LogP contribution in [0.25, 0.3) is 0 Å². The molecule has 1 fully saturated rings. The van der Waals surface area contributed by atoms with E-state index in [2.05, 4.69) is 26.7 Å². The summed E-state index contributed by atoms with van der Waals surface area (Å²) in [5, 5.41) is 9.19. The molecule has 1 aromatic carbocycles. The van der Waals surface area contributed by atoms with Crippen LogP contribution < -0.4 is 4.72 Å². The van der Waals surface area contributed by atoms with Crippen LogP contribution in [-0.4, -0.2) is 14.0 Å². The first kappa shape index (κ1) is 13.5. The van der Waals surface area contributed by atoms with Gasteiger partial charge in [0.05, 0.1) is 11.0 Å². The Labute approximate surface area is 115 Å². The molecule has 0 radical (unpaired) electrons. The van der Waals surface area contributed by atoms with Crippen LogP contribution >= 0.6 is 15.9 Å². The number of hydrogen-bond acceptors (Lipinski definition) is 3. The van der Waals surface area contributed by atoms with Crippen molar-refractivity contribution in [2.24, 2.45) is 5.92 Å². The summed E-state index contributed by atoms with van der Waals surface area (Å²) < 4.78 is 27.5. The standard InChI is InChI=1S/C12H13BrN2O2S/c1-12(8-14,9-6-7-9)15-18(16,17)11-5-3-2-4-10(11)13/h2-5,9,15H,6-7H2,1H3/t12-/m1/s1. The smallest absolute Gasteiger partial charge is 0.207 e. The van der Waals surface area contributed by atoms with E-state index in [-0.39, 0.29) is 10.8 Å². The molecule has 1 N–H and O–H groups in total. The summed E-state index contributed by atoms with van der Waals surface area (Å²) in [5.74, 6) is 0.111. The van der Waals surface area contributed by atoms with E-state index < -0.39 is 15.6 Å². The number of nitrogens with one attached hydrogen (secondary N) is 1. The Morgan fingerprint density at radius 3 is 2.56 bits per heavy atom. The second kappa shape index (κ2) is 4.65. The van der Waals surface area contributed by atoms with E-state index in [1.807, 2.05) is 0 Å². The van der Waals surface area contributed by atoms with Gasteiger partial charge in [0.2, 0.25) is 10.0 Å². The van der Waals surface area contributed by atoms with Gasteiger partial charge in [0.25, 0.3) is 0 Å². The van der Waals surface area contributed by atoms with Crippen LogP contribution in [0, 0.1) is 17.2 Å². The lowest BCUT2D eigenvalue weighted by molar-refractivity contribution is 0.458. The number of rotatable bonds is 4. The average Bonchev–Trinajstić information content (AvgIpc) is 3.12. The van der Waals surface area contributed by atoms with Crippen molar-refractivity contribution in [2.45, 2.75) is 30.2 Å². The molecular formula is C12H13BrN2O2S. The second-order valence-electron chi connectivity index (χ2n) is 4.62. The fourth-order valence-electron chi connectivity index (χ4n) is 1.85. The van der Waals surface area contributed by atoms with Crippen molar-refractivity contribution in [1.82, 2.24) is 4.72 Å². The summed E-state index contributed by atoms with van der Waals surface area (Å²) in [6.07, 6.45) is 1.78. The molecule has 4 nitrogen and oxygen atoms in total. The molecular weight excluding hydrogens is 316 g/mol. The predicted molar refractivity (Wildman–Crippen MR) is 71.2 cm³/mol. The number of sulfonamides is 1. The third-order valence-electron chi connectivity index (χ3n) is 3.10. The van der Waals surface area contributed by atoms with Gasteiger partial charge >= 0.3 is 0 Å². The molecule has 0 amide bonds. The van der Waals surface area contributed by atoms with Crippen molar-refractivity contribution in [1.29, 1.82) is 5.26 Å². The fourth-order valence-corrected chi connectivity index (χ4v) is 4.24. The lowest BCUT2D eigenvalue weighted by Crippen LogP contribution is -2.46. The van der Waals surface area contributed by atoms with Crippen LogP contribution in [0.3, 0.4) is 0 Å². The molecule has 0 aliphatic heterocycles. The van der Waals surface area contributed by atoms with E-state index in [9.17, 15) is 13.7 Å². The summed E-state index contributed by atoms with van der Waals surface area (Å²) in [6.45, 7) is 1.64. The van der Waals surface area contributed by atoms with Crippen LogP contribution in [0.1, 0.15) is 19.8 Å². The fraction of sp³-hybridized carbons (Fsp3) is 0.417. The Morgan fingerprint density at radius 1 is 1.44 bits per heavy atom. The molecule has 1 saturated carbocycles. The van der Waals surface area contributed by atoms with Crippen LogP contribution in [0.5, 0.6) is 0 Å². The molecule has 0 unspecified atom stereocenters. The van der Waals surface area contributed by atoms with Crippen molar-refractivity contribution >= 4 is 26.0 Å². The summed E-state index contributed by atoms with van der Waals surface area (Å²) in [5.41, 5.74) is -1.02. The third kappa shape index (κ3) is 2.58. The maximum Gasteiger partial charge on any atom is 0.243 e. The second-order valence-corrected chi connectivity index (χ2v) is 7.13. The van der Waals surface area contributed by atoms with Gasteiger partial charge in [-0.05, 0) is 53.7 Å². The van der Waals surface area contributed by atoms with E-state index in [0.29, 0.717) is 4.47 Å². The summed E-state index contributed by atoms with van der Waals surface area (Å²) in [4.78, 5) is 0.159. The van der Waals surface area contributed by atoms with Gasteiger partial charge in [-0.1, -0.05) is 12.1 Å². The quantitative estimate of drug-likeness (QED) is 0.922. The zero-order valence-electron chi connectivity index (χ0n) is 9.85. The van der Waals surface area contributed by atoms with Gasteiger partial charge in [-0.25, -0.2) is 8.42 Å². The third-order valence-corrected chi connectivity index (χ3v) is 5.68. The molecule has 1 aliphatic carbocycles. The minimum Gasteiger partial charge on any atom is -0.207 e. The topological polar surface area (TPSA) is 70.0 Å². The van der Waals surface area contributed by atoms with Gasteiger partial charge in [-0.15, -0.1) is 0 Å². The zero-order valence-corrected chi connectivity index (χ0v) is 12.3. The van der Waals surface area contributed by atoms with E-state index in [1.165, 1.54) is 6.07 Å². The minimum atomic E-state index is -3.69. The van der Waals surface area contributed by atoms with Gasteiger partial charge in [0.1, 0.15) is 5.54 Å². The maximum atomic E-state index is 12.3. The Bertz CT molecular complexity index is 605. The Balaban J connectivity index is 2.34. The van der Waals surface area contributed by atoms with Crippen LogP contribution in [-0.2, 0) is 10.0 Å². The molecule has 0 spiro atoms. The molecule has 0 heterocycles. The molecule has 6 heteroatoms. The van der Waals surface area contributed by atoms with Crippen LogP contribution in [0.2, 0.25) is 0 Å². The van der Waals surface area contributed by atoms with Crippen LogP contribution in [0.4, 0.5) is 0 Å². The molecule has 1 aromatic rings. The highest BCUT2D eigenvalue weighted by atomic mass is 79.9. The highest BCUT2D eigenvalue weighted by Crippen LogP contribution is 2.40. The van der Waals surface area contributed by atoms with Gasteiger partial charge in [0.15, 0.2) is 0 Å². The molecule has 0 saturated heterocycles. The van der Waals surface area contributed by atoms with E-state index in [4.69, 9.17) is 0 Å². The SMILES string of the molecule is C[C@](C#N)(NS(=O)(=O)c1ccccc1Br)C1CC1. The van der Waals surface area contributed by atoms with Gasteiger partial charge in [-0.2, -0.15) is 9.98 Å². The maximum absolute atomic E-state index is 12.3. The number of benzene rings is 1. The van der Waals surface area contributed by atoms with E-state index in [1.54, 1.807) is 25.1 Å². The first-order valence-corrected chi connectivity index (χ1v) is 7.86. The Morgan fingerprint density at radius 2 is 2.06 bits per heavy atom. The molecule has 96 valence electrons. The largest absolute Gasteiger partial charge is 0.243 e. The summed E-state index contributed by atoms with van der Waals surface area (Å²) >= 11 is 3.21. The van der Waals surface area contributed by atoms with Gasteiger partial charge in [-0.3, -0.25) is 0 Å². The molecule has 2 rings (SSSR count). The molecule has 0 bridgehead atoms. The normalized spacial score (nSPS) is 18.9. The van der Waals surface area contributed by atoms with Crippen molar-refractivity contribution < 1.29 is 8.42 Å². The molecule has 1 atom stereocenters. The predicted octanol–water partition coefficient (Wildman–Crippen LogP) is 2.42. The minimum absolute atomic E-state index is 0.111. The summed E-state index contributed by atoms with van der Waals surface area (Å²) in [6, 6.07) is 8.65. The highest BCUT2D eigenvalue weighted by molar-refractivity contribution is 9.10. The van der Waals surface area contributed by atoms with Gasteiger partial charge < -0.3 is 0 Å². The van der Waals surface area contributed by atoms with Crippen molar-refractivity contribution in [3.05, 3.63) is 28.7 Å². The van der Waals surface area contributed by atoms with Gasteiger partial charge in [0, 0.05) is 4.47 Å². The monoisotopic (exact) mass is 328 g/mol. The lowest BCUT2D eigenvalue weighted by atomic mass is 10.0. The number of halogens is 1. The van der Waals surface area contributed by atoms with Crippen molar-refractivity contribution in [3.8, 4) is 6.07 Å². The molecule has 0 aromatic heterocycles. The lowest BCUT2D eigenvalue weighted by Gasteiger charge is -2.22. The summed E-state index contributed by atoms with van der Waals surface area (Å²) in [7, 11) is -3.69. The number of nitriles is 1. The molecule has 1 aliphatic rings. The zero-order chi connectivity index (χ0) is 13.4. The highest BCUT2D eigenvalue weighted by Gasteiger charge is 2.45. The Hall–Kier alpha value is -0.900. The first-order chi connectivity index (χ1) is 8.39. The van der Waals surface area contributed by atoms with Crippen molar-refractivity contribution in [2.75, 3.05) is 0 Å². The number of hydrogen-bond donors (Lipinski definition) is 1. The average molecular weight is 329 g/mol.